The zero-order valence-corrected chi connectivity index (χ0v) is 16.0. The molecule has 1 heterocycles. The average Bonchev–Trinajstić information content (AvgIpc) is 2.64. The molecule has 0 radical (unpaired) electrons. The highest BCUT2D eigenvalue weighted by Crippen LogP contribution is 2.21. The Morgan fingerprint density at radius 1 is 1.20 bits per heavy atom. The van der Waals surface area contributed by atoms with E-state index in [-0.39, 0.29) is 11.8 Å². The lowest BCUT2D eigenvalue weighted by Gasteiger charge is -2.35. The van der Waals surface area contributed by atoms with Crippen molar-refractivity contribution >= 4 is 5.91 Å². The van der Waals surface area contributed by atoms with Gasteiger partial charge in [-0.25, -0.2) is 0 Å². The summed E-state index contributed by atoms with van der Waals surface area (Å²) in [5.74, 6) is 0.732. The molecule has 4 heteroatoms. The fourth-order valence-corrected chi connectivity index (χ4v) is 3.61. The summed E-state index contributed by atoms with van der Waals surface area (Å²) in [6, 6.07) is 10.6. The lowest BCUT2D eigenvalue weighted by Crippen LogP contribution is -2.49. The zero-order chi connectivity index (χ0) is 18.1. The maximum atomic E-state index is 12.9. The minimum Gasteiger partial charge on any atom is -0.379 e. The Bertz CT molecular complexity index is 498. The van der Waals surface area contributed by atoms with Gasteiger partial charge >= 0.3 is 0 Å². The van der Waals surface area contributed by atoms with E-state index in [1.807, 2.05) is 18.2 Å². The van der Waals surface area contributed by atoms with Crippen molar-refractivity contribution in [1.82, 2.24) is 10.2 Å². The molecule has 1 fully saturated rings. The SMILES string of the molecule is CCCC(C(=O)NCC(CC(C)C)N1CCOCC1)c1ccccc1. The van der Waals surface area contributed by atoms with Gasteiger partial charge in [0.1, 0.15) is 0 Å². The minimum absolute atomic E-state index is 0.0458. The van der Waals surface area contributed by atoms with Gasteiger partial charge < -0.3 is 10.1 Å². The molecule has 0 saturated carbocycles. The van der Waals surface area contributed by atoms with Gasteiger partial charge in [0.25, 0.3) is 0 Å². The molecule has 1 N–H and O–H groups in total. The summed E-state index contributed by atoms with van der Waals surface area (Å²) >= 11 is 0. The minimum atomic E-state index is -0.0458. The van der Waals surface area contributed by atoms with Crippen LogP contribution in [0.3, 0.4) is 0 Å². The van der Waals surface area contributed by atoms with Crippen LogP contribution in [0.4, 0.5) is 0 Å². The highest BCUT2D eigenvalue weighted by atomic mass is 16.5. The van der Waals surface area contributed by atoms with E-state index in [0.717, 1.165) is 57.7 Å². The van der Waals surface area contributed by atoms with Gasteiger partial charge in [0.05, 0.1) is 19.1 Å². The molecule has 1 aromatic rings. The molecular weight excluding hydrogens is 312 g/mol. The van der Waals surface area contributed by atoms with Gasteiger partial charge in [0.15, 0.2) is 0 Å². The third kappa shape index (κ3) is 6.44. The largest absolute Gasteiger partial charge is 0.379 e. The molecule has 1 aliphatic heterocycles. The fourth-order valence-electron chi connectivity index (χ4n) is 3.61. The van der Waals surface area contributed by atoms with Crippen molar-refractivity contribution in [1.29, 1.82) is 0 Å². The average molecular weight is 347 g/mol. The molecule has 1 aliphatic rings. The number of ether oxygens (including phenoxy) is 1. The van der Waals surface area contributed by atoms with E-state index in [1.165, 1.54) is 0 Å². The van der Waals surface area contributed by atoms with E-state index in [2.05, 4.69) is 43.1 Å². The number of rotatable bonds is 9. The summed E-state index contributed by atoms with van der Waals surface area (Å²) in [6.07, 6.45) is 3.00. The van der Waals surface area contributed by atoms with Crippen molar-refractivity contribution in [3.05, 3.63) is 35.9 Å². The second-order valence-electron chi connectivity index (χ2n) is 7.43. The summed E-state index contributed by atoms with van der Waals surface area (Å²) in [4.78, 5) is 15.3. The van der Waals surface area contributed by atoms with Gasteiger partial charge in [-0.1, -0.05) is 57.5 Å². The van der Waals surface area contributed by atoms with Crippen LogP contribution < -0.4 is 5.32 Å². The van der Waals surface area contributed by atoms with Crippen molar-refractivity contribution in [2.24, 2.45) is 5.92 Å². The number of carbonyl (C=O) groups is 1. The van der Waals surface area contributed by atoms with Gasteiger partial charge in [-0.15, -0.1) is 0 Å². The van der Waals surface area contributed by atoms with E-state index in [0.29, 0.717) is 12.0 Å². The number of benzene rings is 1. The third-order valence-corrected chi connectivity index (χ3v) is 4.91. The molecule has 4 nitrogen and oxygen atoms in total. The molecule has 2 unspecified atom stereocenters. The highest BCUT2D eigenvalue weighted by molar-refractivity contribution is 5.83. The van der Waals surface area contributed by atoms with E-state index >= 15 is 0 Å². The number of morpholine rings is 1. The fraction of sp³-hybridized carbons (Fsp3) is 0.667. The first-order valence-corrected chi connectivity index (χ1v) is 9.76. The maximum Gasteiger partial charge on any atom is 0.227 e. The second-order valence-corrected chi connectivity index (χ2v) is 7.43. The standard InChI is InChI=1S/C21H34N2O2/c1-4-8-20(18-9-6-5-7-10-18)21(24)22-16-19(15-17(2)3)23-11-13-25-14-12-23/h5-7,9-10,17,19-20H,4,8,11-16H2,1-3H3,(H,22,24). The Morgan fingerprint density at radius 2 is 1.88 bits per heavy atom. The monoisotopic (exact) mass is 346 g/mol. The first-order chi connectivity index (χ1) is 12.1. The Hall–Kier alpha value is -1.39. The predicted molar refractivity (Wildman–Crippen MR) is 103 cm³/mol. The number of amides is 1. The van der Waals surface area contributed by atoms with Crippen LogP contribution in [0.15, 0.2) is 30.3 Å². The van der Waals surface area contributed by atoms with Crippen molar-refractivity contribution in [3.8, 4) is 0 Å². The number of hydrogen-bond acceptors (Lipinski definition) is 3. The summed E-state index contributed by atoms with van der Waals surface area (Å²) < 4.78 is 5.48. The number of nitrogens with one attached hydrogen (secondary N) is 1. The second kappa shape index (κ2) is 10.6. The van der Waals surface area contributed by atoms with E-state index in [1.54, 1.807) is 0 Å². The van der Waals surface area contributed by atoms with E-state index in [9.17, 15) is 4.79 Å². The molecule has 2 atom stereocenters. The maximum absolute atomic E-state index is 12.9. The number of nitrogens with zero attached hydrogens (tertiary/aromatic N) is 1. The lowest BCUT2D eigenvalue weighted by atomic mass is 9.93. The molecule has 1 amide bonds. The van der Waals surface area contributed by atoms with Gasteiger partial charge in [0, 0.05) is 25.7 Å². The molecule has 2 rings (SSSR count). The van der Waals surface area contributed by atoms with Crippen LogP contribution in [0.2, 0.25) is 0 Å². The van der Waals surface area contributed by atoms with Crippen LogP contribution in [0.25, 0.3) is 0 Å². The first kappa shape index (κ1) is 19.9. The smallest absolute Gasteiger partial charge is 0.227 e. The molecule has 140 valence electrons. The van der Waals surface area contributed by atoms with Crippen LogP contribution in [0.5, 0.6) is 0 Å². The van der Waals surface area contributed by atoms with Crippen LogP contribution in [0.1, 0.15) is 51.5 Å². The molecule has 1 saturated heterocycles. The quantitative estimate of drug-likeness (QED) is 0.745. The third-order valence-electron chi connectivity index (χ3n) is 4.91. The molecule has 0 aromatic heterocycles. The van der Waals surface area contributed by atoms with Crippen LogP contribution in [0, 0.1) is 5.92 Å². The Balaban J connectivity index is 1.97. The Kier molecular flexibility index (Phi) is 8.42. The van der Waals surface area contributed by atoms with Crippen molar-refractivity contribution in [3.63, 3.8) is 0 Å². The molecular formula is C21H34N2O2. The molecule has 25 heavy (non-hydrogen) atoms. The first-order valence-electron chi connectivity index (χ1n) is 9.76. The Labute approximate surface area is 152 Å². The molecule has 0 aliphatic carbocycles. The van der Waals surface area contributed by atoms with Gasteiger partial charge in [-0.05, 0) is 24.3 Å². The van der Waals surface area contributed by atoms with Gasteiger partial charge in [-0.3, -0.25) is 9.69 Å². The normalized spacial score (nSPS) is 18.1. The molecule has 0 spiro atoms. The molecule has 0 bridgehead atoms. The van der Waals surface area contributed by atoms with Crippen LogP contribution in [-0.4, -0.2) is 49.7 Å². The summed E-state index contributed by atoms with van der Waals surface area (Å²) in [6.45, 7) is 10.9. The van der Waals surface area contributed by atoms with E-state index < -0.39 is 0 Å². The van der Waals surface area contributed by atoms with Crippen LogP contribution in [-0.2, 0) is 9.53 Å². The van der Waals surface area contributed by atoms with Crippen molar-refractivity contribution < 1.29 is 9.53 Å². The lowest BCUT2D eigenvalue weighted by molar-refractivity contribution is -0.123. The van der Waals surface area contributed by atoms with E-state index in [4.69, 9.17) is 4.74 Å². The molecule has 1 aromatic carbocycles. The van der Waals surface area contributed by atoms with Crippen molar-refractivity contribution in [2.45, 2.75) is 52.0 Å². The summed E-state index contributed by atoms with van der Waals surface area (Å²) in [5.41, 5.74) is 1.12. The number of carbonyl (C=O) groups excluding carboxylic acids is 1. The summed E-state index contributed by atoms with van der Waals surface area (Å²) in [7, 11) is 0. The topological polar surface area (TPSA) is 41.6 Å². The zero-order valence-electron chi connectivity index (χ0n) is 16.0. The van der Waals surface area contributed by atoms with Crippen molar-refractivity contribution in [2.75, 3.05) is 32.8 Å². The predicted octanol–water partition coefficient (Wildman–Crippen LogP) is 3.43. The Morgan fingerprint density at radius 3 is 2.48 bits per heavy atom. The number of hydrogen-bond donors (Lipinski definition) is 1. The van der Waals surface area contributed by atoms with Crippen LogP contribution >= 0.6 is 0 Å². The highest BCUT2D eigenvalue weighted by Gasteiger charge is 2.25. The summed E-state index contributed by atoms with van der Waals surface area (Å²) in [5, 5.41) is 3.25. The van der Waals surface area contributed by atoms with Gasteiger partial charge in [-0.2, -0.15) is 0 Å². The van der Waals surface area contributed by atoms with Gasteiger partial charge in [0.2, 0.25) is 5.91 Å².